The van der Waals surface area contributed by atoms with Crippen molar-refractivity contribution in [3.63, 3.8) is 0 Å². The van der Waals surface area contributed by atoms with E-state index in [1.165, 1.54) is 18.1 Å². The van der Waals surface area contributed by atoms with E-state index in [-0.39, 0.29) is 62.9 Å². The van der Waals surface area contributed by atoms with Crippen molar-refractivity contribution < 1.29 is 24.2 Å². The van der Waals surface area contributed by atoms with Gasteiger partial charge in [-0.1, -0.05) is 0 Å². The van der Waals surface area contributed by atoms with Crippen LogP contribution in [0.4, 0.5) is 5.95 Å². The van der Waals surface area contributed by atoms with E-state index in [1.54, 1.807) is 6.92 Å². The summed E-state index contributed by atoms with van der Waals surface area (Å²) in [5.74, 6) is -0.738. The van der Waals surface area contributed by atoms with E-state index >= 15 is 0 Å². The first-order valence-corrected chi connectivity index (χ1v) is 7.79. The zero-order valence-corrected chi connectivity index (χ0v) is 14.3. The van der Waals surface area contributed by atoms with E-state index < -0.39 is 5.60 Å². The van der Waals surface area contributed by atoms with E-state index in [2.05, 4.69) is 15.3 Å². The van der Waals surface area contributed by atoms with Gasteiger partial charge in [0.25, 0.3) is 5.91 Å². The highest BCUT2D eigenvalue weighted by Crippen LogP contribution is 2.15. The molecule has 1 aliphatic rings. The third-order valence-electron chi connectivity index (χ3n) is 3.63. The number of methoxy groups -OCH3 is 1. The fraction of sp³-hybridized carbons (Fsp3) is 0.600. The van der Waals surface area contributed by atoms with E-state index in [1.807, 2.05) is 0 Å². The number of rotatable bonds is 5. The van der Waals surface area contributed by atoms with E-state index in [0.29, 0.717) is 5.69 Å². The normalized spacial score (nSPS) is 20.8. The Morgan fingerprint density at radius 3 is 2.96 bits per heavy atom. The van der Waals surface area contributed by atoms with Crippen LogP contribution in [0, 0.1) is 6.92 Å². The van der Waals surface area contributed by atoms with Crippen LogP contribution in [-0.2, 0) is 14.3 Å². The SMILES string of the molecule is COCC(=O)NC[C@@]1(O)COCCN(C(=O)c2cc(C)nc(N)n2)C1. The zero-order valence-electron chi connectivity index (χ0n) is 14.3. The molecule has 0 bridgehead atoms. The van der Waals surface area contributed by atoms with Gasteiger partial charge in [-0.2, -0.15) is 0 Å². The number of hydrogen-bond acceptors (Lipinski definition) is 8. The van der Waals surface area contributed by atoms with Crippen molar-refractivity contribution in [1.82, 2.24) is 20.2 Å². The minimum Gasteiger partial charge on any atom is -0.384 e. The molecule has 1 saturated heterocycles. The summed E-state index contributed by atoms with van der Waals surface area (Å²) < 4.78 is 10.1. The molecule has 4 N–H and O–H groups in total. The Bertz CT molecular complexity index is 620. The van der Waals surface area contributed by atoms with Gasteiger partial charge in [0, 0.05) is 19.3 Å². The number of aryl methyl sites for hydroxylation is 1. The van der Waals surface area contributed by atoms with Crippen LogP contribution in [0.3, 0.4) is 0 Å². The number of aliphatic hydroxyl groups is 1. The van der Waals surface area contributed by atoms with Gasteiger partial charge < -0.3 is 30.5 Å². The zero-order chi connectivity index (χ0) is 18.4. The number of aromatic nitrogens is 2. The number of carbonyl (C=O) groups is 2. The van der Waals surface area contributed by atoms with Crippen molar-refractivity contribution in [2.45, 2.75) is 12.5 Å². The molecule has 0 spiro atoms. The Morgan fingerprint density at radius 1 is 1.52 bits per heavy atom. The van der Waals surface area contributed by atoms with Gasteiger partial charge in [0.05, 0.1) is 26.3 Å². The highest BCUT2D eigenvalue weighted by Gasteiger charge is 2.35. The van der Waals surface area contributed by atoms with Crippen LogP contribution in [-0.4, -0.2) is 84.0 Å². The van der Waals surface area contributed by atoms with Crippen LogP contribution < -0.4 is 11.1 Å². The lowest BCUT2D eigenvalue weighted by atomic mass is 10.0. The summed E-state index contributed by atoms with van der Waals surface area (Å²) >= 11 is 0. The average molecular weight is 353 g/mol. The number of nitrogen functional groups attached to an aromatic ring is 1. The van der Waals surface area contributed by atoms with Crippen molar-refractivity contribution in [2.24, 2.45) is 0 Å². The van der Waals surface area contributed by atoms with Gasteiger partial charge in [0.15, 0.2) is 0 Å². The number of carbonyl (C=O) groups excluding carboxylic acids is 2. The molecule has 0 radical (unpaired) electrons. The first kappa shape index (κ1) is 19.0. The molecule has 2 amide bonds. The van der Waals surface area contributed by atoms with E-state index in [4.69, 9.17) is 15.2 Å². The van der Waals surface area contributed by atoms with Crippen molar-refractivity contribution in [2.75, 3.05) is 52.3 Å². The third kappa shape index (κ3) is 5.34. The predicted molar refractivity (Wildman–Crippen MR) is 87.7 cm³/mol. The fourth-order valence-electron chi connectivity index (χ4n) is 2.51. The van der Waals surface area contributed by atoms with Gasteiger partial charge in [0.1, 0.15) is 17.9 Å². The van der Waals surface area contributed by atoms with E-state index in [0.717, 1.165) is 0 Å². The Balaban J connectivity index is 2.09. The smallest absolute Gasteiger partial charge is 0.272 e. The molecule has 1 atom stereocenters. The number of hydrogen-bond donors (Lipinski definition) is 3. The molecule has 2 heterocycles. The number of ether oxygens (including phenoxy) is 2. The second kappa shape index (κ2) is 8.19. The molecule has 1 aromatic heterocycles. The maximum atomic E-state index is 12.7. The molecule has 0 aromatic carbocycles. The fourth-order valence-corrected chi connectivity index (χ4v) is 2.51. The van der Waals surface area contributed by atoms with Gasteiger partial charge >= 0.3 is 0 Å². The largest absolute Gasteiger partial charge is 0.384 e. The Kier molecular flexibility index (Phi) is 6.23. The van der Waals surface area contributed by atoms with Crippen LogP contribution in [0.15, 0.2) is 6.07 Å². The van der Waals surface area contributed by atoms with Crippen molar-refractivity contribution >= 4 is 17.8 Å². The molecule has 138 valence electrons. The monoisotopic (exact) mass is 353 g/mol. The van der Waals surface area contributed by atoms with Gasteiger partial charge in [-0.05, 0) is 13.0 Å². The van der Waals surface area contributed by atoms with Crippen LogP contribution in [0.2, 0.25) is 0 Å². The molecule has 1 fully saturated rings. The first-order valence-electron chi connectivity index (χ1n) is 7.79. The number of nitrogens with one attached hydrogen (secondary N) is 1. The van der Waals surface area contributed by atoms with Gasteiger partial charge in [-0.3, -0.25) is 9.59 Å². The second-order valence-electron chi connectivity index (χ2n) is 5.97. The summed E-state index contributed by atoms with van der Waals surface area (Å²) in [4.78, 5) is 33.5. The molecular formula is C15H23N5O5. The number of nitrogens with zero attached hydrogens (tertiary/aromatic N) is 3. The molecule has 1 aliphatic heterocycles. The summed E-state index contributed by atoms with van der Waals surface area (Å²) in [5.41, 5.74) is 4.90. The Hall–Kier alpha value is -2.30. The van der Waals surface area contributed by atoms with E-state index in [9.17, 15) is 14.7 Å². The highest BCUT2D eigenvalue weighted by molar-refractivity contribution is 5.92. The molecule has 25 heavy (non-hydrogen) atoms. The lowest BCUT2D eigenvalue weighted by Crippen LogP contribution is -2.53. The van der Waals surface area contributed by atoms with Crippen molar-refractivity contribution in [1.29, 1.82) is 0 Å². The molecule has 0 unspecified atom stereocenters. The quantitative estimate of drug-likeness (QED) is 0.571. The highest BCUT2D eigenvalue weighted by atomic mass is 16.5. The summed E-state index contributed by atoms with van der Waals surface area (Å²) in [6.07, 6.45) is 0. The molecule has 2 rings (SSSR count). The molecular weight excluding hydrogens is 330 g/mol. The molecule has 0 aliphatic carbocycles. The lowest BCUT2D eigenvalue weighted by molar-refractivity contribution is -0.126. The number of amides is 2. The Morgan fingerprint density at radius 2 is 2.28 bits per heavy atom. The number of nitrogens with two attached hydrogens (primary N) is 1. The first-order chi connectivity index (χ1) is 11.8. The van der Waals surface area contributed by atoms with Gasteiger partial charge in [0.2, 0.25) is 11.9 Å². The average Bonchev–Trinajstić information content (AvgIpc) is 2.74. The summed E-state index contributed by atoms with van der Waals surface area (Å²) in [6, 6.07) is 1.53. The number of anilines is 1. The molecule has 1 aromatic rings. The van der Waals surface area contributed by atoms with Crippen LogP contribution in [0.1, 0.15) is 16.2 Å². The minimum absolute atomic E-state index is 0.00498. The summed E-state index contributed by atoms with van der Waals surface area (Å²) in [7, 11) is 1.40. The second-order valence-corrected chi connectivity index (χ2v) is 5.97. The minimum atomic E-state index is -1.41. The predicted octanol–water partition coefficient (Wildman–Crippen LogP) is -1.67. The standard InChI is InChI=1S/C15H23N5O5/c1-10-5-11(19-14(16)18-10)13(22)20-3-4-25-9-15(23,8-20)7-17-12(21)6-24-2/h5,23H,3-4,6-9H2,1-2H3,(H,17,21)(H2,16,18,19)/t15-/m0/s1. The summed E-state index contributed by atoms with van der Waals surface area (Å²) in [6.45, 7) is 2.07. The van der Waals surface area contributed by atoms with Gasteiger partial charge in [-0.25, -0.2) is 9.97 Å². The topological polar surface area (TPSA) is 140 Å². The van der Waals surface area contributed by atoms with Crippen molar-refractivity contribution in [3.05, 3.63) is 17.5 Å². The maximum absolute atomic E-state index is 12.7. The third-order valence-corrected chi connectivity index (χ3v) is 3.63. The van der Waals surface area contributed by atoms with Crippen LogP contribution in [0.5, 0.6) is 0 Å². The molecule has 0 saturated carbocycles. The maximum Gasteiger partial charge on any atom is 0.272 e. The van der Waals surface area contributed by atoms with Gasteiger partial charge in [-0.15, -0.1) is 0 Å². The summed E-state index contributed by atoms with van der Waals surface area (Å²) in [5, 5.41) is 13.3. The molecule has 10 heteroatoms. The lowest BCUT2D eigenvalue weighted by Gasteiger charge is -2.30. The number of β-amino-alcohol motifs (C(OH)–C–C–N with tert-alkyl or cyclic N) is 1. The van der Waals surface area contributed by atoms with Crippen LogP contribution in [0.25, 0.3) is 0 Å². The van der Waals surface area contributed by atoms with Crippen molar-refractivity contribution in [3.8, 4) is 0 Å². The Labute approximate surface area is 145 Å². The van der Waals surface area contributed by atoms with Crippen LogP contribution >= 0.6 is 0 Å². The molecule has 10 nitrogen and oxygen atoms in total.